The Labute approximate surface area is 138 Å². The Kier molecular flexibility index (Phi) is 5.42. The number of benzene rings is 1. The number of carbonyl (C=O) groups excluding carboxylic acids is 1. The van der Waals surface area contributed by atoms with Crippen molar-refractivity contribution in [1.29, 1.82) is 0 Å². The highest BCUT2D eigenvalue weighted by atomic mass is 32.2. The maximum atomic E-state index is 12.1. The molecule has 0 aliphatic rings. The standard InChI is InChI=1S/C15H20N4OS2/c1-8-5-10(3)12(6-9(8)2)11(4)17-13(20)7-21-15-19-18-14(16)22-15/h5-6,11H,7H2,1-4H3,(H2,16,18)(H,17,20)/t11-/m0/s1. The zero-order valence-electron chi connectivity index (χ0n) is 13.1. The second kappa shape index (κ2) is 7.11. The molecule has 1 aromatic heterocycles. The molecule has 1 atom stereocenters. The first-order valence-electron chi connectivity index (χ1n) is 6.95. The fourth-order valence-corrected chi connectivity index (χ4v) is 3.66. The van der Waals surface area contributed by atoms with E-state index in [1.807, 2.05) is 6.92 Å². The van der Waals surface area contributed by atoms with Crippen LogP contribution in [0.1, 0.15) is 35.2 Å². The van der Waals surface area contributed by atoms with E-state index < -0.39 is 0 Å². The van der Waals surface area contributed by atoms with Crippen LogP contribution in [0.25, 0.3) is 0 Å². The summed E-state index contributed by atoms with van der Waals surface area (Å²) < 4.78 is 0.711. The quantitative estimate of drug-likeness (QED) is 0.820. The summed E-state index contributed by atoms with van der Waals surface area (Å²) >= 11 is 2.64. The summed E-state index contributed by atoms with van der Waals surface area (Å²) in [4.78, 5) is 12.1. The number of hydrogen-bond acceptors (Lipinski definition) is 6. The van der Waals surface area contributed by atoms with E-state index in [2.05, 4.69) is 48.4 Å². The zero-order valence-corrected chi connectivity index (χ0v) is 14.8. The Morgan fingerprint density at radius 1 is 1.27 bits per heavy atom. The molecule has 0 aliphatic carbocycles. The van der Waals surface area contributed by atoms with Gasteiger partial charge in [-0.1, -0.05) is 35.2 Å². The average molecular weight is 336 g/mol. The summed E-state index contributed by atoms with van der Waals surface area (Å²) in [6.07, 6.45) is 0. The molecule has 7 heteroatoms. The van der Waals surface area contributed by atoms with Crippen molar-refractivity contribution in [2.75, 3.05) is 11.5 Å². The highest BCUT2D eigenvalue weighted by molar-refractivity contribution is 8.01. The van der Waals surface area contributed by atoms with Gasteiger partial charge in [-0.15, -0.1) is 10.2 Å². The number of aromatic nitrogens is 2. The molecule has 1 amide bonds. The van der Waals surface area contributed by atoms with E-state index in [9.17, 15) is 4.79 Å². The lowest BCUT2D eigenvalue weighted by atomic mass is 9.96. The smallest absolute Gasteiger partial charge is 0.230 e. The number of anilines is 1. The number of carbonyl (C=O) groups is 1. The number of aryl methyl sites for hydroxylation is 3. The van der Waals surface area contributed by atoms with Crippen LogP contribution < -0.4 is 11.1 Å². The van der Waals surface area contributed by atoms with Crippen LogP contribution in [0.15, 0.2) is 16.5 Å². The molecule has 0 radical (unpaired) electrons. The van der Waals surface area contributed by atoms with Gasteiger partial charge in [0.1, 0.15) is 0 Å². The predicted octanol–water partition coefficient (Wildman–Crippen LogP) is 3.02. The maximum Gasteiger partial charge on any atom is 0.230 e. The molecule has 22 heavy (non-hydrogen) atoms. The van der Waals surface area contributed by atoms with Crippen molar-refractivity contribution in [3.05, 3.63) is 34.4 Å². The monoisotopic (exact) mass is 336 g/mol. The van der Waals surface area contributed by atoms with Gasteiger partial charge in [-0.3, -0.25) is 4.79 Å². The van der Waals surface area contributed by atoms with E-state index >= 15 is 0 Å². The molecule has 0 saturated heterocycles. The SMILES string of the molecule is Cc1cc(C)c([C@H](C)NC(=O)CSc2nnc(N)s2)cc1C. The van der Waals surface area contributed by atoms with Crippen LogP contribution in [-0.2, 0) is 4.79 Å². The molecule has 0 aliphatic heterocycles. The summed E-state index contributed by atoms with van der Waals surface area (Å²) in [6.45, 7) is 8.26. The second-order valence-electron chi connectivity index (χ2n) is 5.28. The molecule has 3 N–H and O–H groups in total. The van der Waals surface area contributed by atoms with Crippen molar-refractivity contribution < 1.29 is 4.79 Å². The number of amides is 1. The molecule has 2 aromatic rings. The van der Waals surface area contributed by atoms with Gasteiger partial charge in [-0.05, 0) is 49.9 Å². The molecular weight excluding hydrogens is 316 g/mol. The molecule has 1 heterocycles. The minimum Gasteiger partial charge on any atom is -0.374 e. The van der Waals surface area contributed by atoms with Gasteiger partial charge < -0.3 is 11.1 Å². The average Bonchev–Trinajstić information content (AvgIpc) is 2.86. The van der Waals surface area contributed by atoms with Gasteiger partial charge in [-0.25, -0.2) is 0 Å². The summed E-state index contributed by atoms with van der Waals surface area (Å²) in [5.74, 6) is 0.284. The maximum absolute atomic E-state index is 12.1. The van der Waals surface area contributed by atoms with E-state index in [-0.39, 0.29) is 11.9 Å². The molecule has 0 unspecified atom stereocenters. The van der Waals surface area contributed by atoms with Crippen molar-refractivity contribution in [1.82, 2.24) is 15.5 Å². The number of nitrogens with zero attached hydrogens (tertiary/aromatic N) is 2. The van der Waals surface area contributed by atoms with E-state index in [1.54, 1.807) is 0 Å². The van der Waals surface area contributed by atoms with Crippen LogP contribution in [0, 0.1) is 20.8 Å². The summed E-state index contributed by atoms with van der Waals surface area (Å²) in [5, 5.41) is 11.1. The van der Waals surface area contributed by atoms with Crippen molar-refractivity contribution in [2.45, 2.75) is 38.1 Å². The molecule has 0 bridgehead atoms. The highest BCUT2D eigenvalue weighted by Crippen LogP contribution is 2.24. The molecular formula is C15H20N4OS2. The second-order valence-corrected chi connectivity index (χ2v) is 7.51. The van der Waals surface area contributed by atoms with Crippen molar-refractivity contribution in [2.24, 2.45) is 0 Å². The summed E-state index contributed by atoms with van der Waals surface area (Å²) in [7, 11) is 0. The van der Waals surface area contributed by atoms with Crippen molar-refractivity contribution in [3.8, 4) is 0 Å². The fraction of sp³-hybridized carbons (Fsp3) is 0.400. The van der Waals surface area contributed by atoms with Crippen LogP contribution in [0.3, 0.4) is 0 Å². The van der Waals surface area contributed by atoms with Crippen LogP contribution in [0.5, 0.6) is 0 Å². The molecule has 2 rings (SSSR count). The lowest BCUT2D eigenvalue weighted by Gasteiger charge is -2.18. The summed E-state index contributed by atoms with van der Waals surface area (Å²) in [5.41, 5.74) is 10.4. The topological polar surface area (TPSA) is 80.9 Å². The molecule has 0 spiro atoms. The molecule has 5 nitrogen and oxygen atoms in total. The number of rotatable bonds is 5. The third-order valence-corrected chi connectivity index (χ3v) is 5.36. The predicted molar refractivity (Wildman–Crippen MR) is 92.3 cm³/mol. The number of nitrogens with one attached hydrogen (secondary N) is 1. The van der Waals surface area contributed by atoms with Crippen LogP contribution in [0.4, 0.5) is 5.13 Å². The van der Waals surface area contributed by atoms with Crippen LogP contribution in [-0.4, -0.2) is 21.9 Å². The van der Waals surface area contributed by atoms with Gasteiger partial charge in [0.2, 0.25) is 11.0 Å². The highest BCUT2D eigenvalue weighted by Gasteiger charge is 2.14. The van der Waals surface area contributed by atoms with Crippen LogP contribution in [0.2, 0.25) is 0 Å². The largest absolute Gasteiger partial charge is 0.374 e. The first-order chi connectivity index (χ1) is 10.4. The minimum atomic E-state index is -0.0242. The normalized spacial score (nSPS) is 12.2. The van der Waals surface area contributed by atoms with Gasteiger partial charge in [0.25, 0.3) is 0 Å². The molecule has 0 fully saturated rings. The molecule has 1 aromatic carbocycles. The van der Waals surface area contributed by atoms with Gasteiger partial charge in [0, 0.05) is 0 Å². The van der Waals surface area contributed by atoms with Gasteiger partial charge >= 0.3 is 0 Å². The lowest BCUT2D eigenvalue weighted by molar-refractivity contribution is -0.119. The number of nitrogens with two attached hydrogens (primary N) is 1. The van der Waals surface area contributed by atoms with E-state index in [1.165, 1.54) is 39.8 Å². The van der Waals surface area contributed by atoms with Gasteiger partial charge in [0.15, 0.2) is 4.34 Å². The third-order valence-electron chi connectivity index (χ3n) is 3.48. The number of hydrogen-bond donors (Lipinski definition) is 2. The Morgan fingerprint density at radius 2 is 1.95 bits per heavy atom. The van der Waals surface area contributed by atoms with Gasteiger partial charge in [-0.2, -0.15) is 0 Å². The number of thioether (sulfide) groups is 1. The van der Waals surface area contributed by atoms with Gasteiger partial charge in [0.05, 0.1) is 11.8 Å². The van der Waals surface area contributed by atoms with Crippen LogP contribution >= 0.6 is 23.1 Å². The fourth-order valence-electron chi connectivity index (χ4n) is 2.22. The zero-order chi connectivity index (χ0) is 16.3. The van der Waals surface area contributed by atoms with E-state index in [0.29, 0.717) is 15.2 Å². The third kappa shape index (κ3) is 4.20. The Hall–Kier alpha value is -1.60. The first-order valence-corrected chi connectivity index (χ1v) is 8.76. The number of nitrogen functional groups attached to an aromatic ring is 1. The van der Waals surface area contributed by atoms with Crippen molar-refractivity contribution >= 4 is 34.1 Å². The Morgan fingerprint density at radius 3 is 2.59 bits per heavy atom. The summed E-state index contributed by atoms with van der Waals surface area (Å²) in [6, 6.07) is 4.28. The minimum absolute atomic E-state index is 0.0214. The van der Waals surface area contributed by atoms with E-state index in [0.717, 1.165) is 5.56 Å². The Balaban J connectivity index is 1.95. The first kappa shape index (κ1) is 16.8. The molecule has 118 valence electrons. The lowest BCUT2D eigenvalue weighted by Crippen LogP contribution is -2.28. The van der Waals surface area contributed by atoms with E-state index in [4.69, 9.17) is 5.73 Å². The molecule has 0 saturated carbocycles. The Bertz CT molecular complexity index is 684. The van der Waals surface area contributed by atoms with Crippen molar-refractivity contribution in [3.63, 3.8) is 0 Å².